The van der Waals surface area contributed by atoms with Crippen LogP contribution in [0.2, 0.25) is 0 Å². The van der Waals surface area contributed by atoms with Gasteiger partial charge in [-0.05, 0) is 56.8 Å². The van der Waals surface area contributed by atoms with E-state index in [1.807, 2.05) is 0 Å². The second-order valence-electron chi connectivity index (χ2n) is 6.85. The minimum Gasteiger partial charge on any atom is -0.341 e. The maximum Gasteiger partial charge on any atom is 0.244 e. The molecule has 1 aromatic carbocycles. The number of fused-ring (bicyclic) bond motifs is 1. The van der Waals surface area contributed by atoms with Crippen LogP contribution in [-0.2, 0) is 14.8 Å². The van der Waals surface area contributed by atoms with Crippen molar-refractivity contribution in [2.24, 2.45) is 11.8 Å². The zero-order valence-electron chi connectivity index (χ0n) is 14.2. The van der Waals surface area contributed by atoms with E-state index < -0.39 is 26.8 Å². The number of rotatable bonds is 4. The molecule has 1 unspecified atom stereocenters. The molecule has 3 rings (SSSR count). The van der Waals surface area contributed by atoms with Crippen LogP contribution in [0.1, 0.15) is 19.8 Å². The van der Waals surface area contributed by atoms with Crippen molar-refractivity contribution < 1.29 is 17.6 Å². The molecule has 2 aliphatic heterocycles. The lowest BCUT2D eigenvalue weighted by Gasteiger charge is -2.25. The molecule has 2 aliphatic rings. The third-order valence-corrected chi connectivity index (χ3v) is 6.73. The molecule has 138 valence electrons. The lowest BCUT2D eigenvalue weighted by Crippen LogP contribution is -2.47. The molecule has 3 atom stereocenters. The summed E-state index contributed by atoms with van der Waals surface area (Å²) in [6.45, 7) is 4.75. The summed E-state index contributed by atoms with van der Waals surface area (Å²) in [5.41, 5.74) is 0. The van der Waals surface area contributed by atoms with Crippen molar-refractivity contribution in [3.8, 4) is 0 Å². The number of nitrogens with one attached hydrogen (secondary N) is 2. The number of halogens is 1. The van der Waals surface area contributed by atoms with E-state index in [9.17, 15) is 17.6 Å². The summed E-state index contributed by atoms with van der Waals surface area (Å²) in [7, 11) is -4.08. The van der Waals surface area contributed by atoms with Gasteiger partial charge in [0.15, 0.2) is 0 Å². The molecule has 0 spiro atoms. The standard InChI is InChI=1S/C17H24FN3O3S/c1-12(20-25(23,24)16-5-3-2-4-15(16)18)17(22)21-8-6-13-10-19-11-14(13)7-9-21/h2-5,12-14,19-20H,6-11H2,1H3/t12?,13-,14+. The van der Waals surface area contributed by atoms with Crippen LogP contribution in [0.15, 0.2) is 29.2 Å². The Morgan fingerprint density at radius 2 is 1.84 bits per heavy atom. The molecule has 1 aromatic rings. The van der Waals surface area contributed by atoms with Crippen LogP contribution in [-0.4, -0.2) is 51.4 Å². The smallest absolute Gasteiger partial charge is 0.244 e. The Morgan fingerprint density at radius 1 is 1.24 bits per heavy atom. The number of carbonyl (C=O) groups excluding carboxylic acids is 1. The maximum atomic E-state index is 13.8. The van der Waals surface area contributed by atoms with Gasteiger partial charge in [-0.15, -0.1) is 0 Å². The Balaban J connectivity index is 1.65. The molecule has 25 heavy (non-hydrogen) atoms. The molecule has 1 amide bonds. The summed E-state index contributed by atoms with van der Waals surface area (Å²) in [5.74, 6) is 0.0871. The highest BCUT2D eigenvalue weighted by atomic mass is 32.2. The summed E-state index contributed by atoms with van der Waals surface area (Å²) in [4.78, 5) is 13.9. The molecule has 6 nitrogen and oxygen atoms in total. The summed E-state index contributed by atoms with van der Waals surface area (Å²) >= 11 is 0. The summed E-state index contributed by atoms with van der Waals surface area (Å²) < 4.78 is 40.8. The van der Waals surface area contributed by atoms with Crippen LogP contribution in [0, 0.1) is 17.7 Å². The van der Waals surface area contributed by atoms with Crippen LogP contribution in [0.25, 0.3) is 0 Å². The predicted molar refractivity (Wildman–Crippen MR) is 91.8 cm³/mol. The zero-order chi connectivity index (χ0) is 18.0. The van der Waals surface area contributed by atoms with E-state index in [-0.39, 0.29) is 5.91 Å². The van der Waals surface area contributed by atoms with Gasteiger partial charge in [-0.1, -0.05) is 12.1 Å². The van der Waals surface area contributed by atoms with Crippen LogP contribution in [0.5, 0.6) is 0 Å². The molecule has 0 aromatic heterocycles. The van der Waals surface area contributed by atoms with Crippen LogP contribution >= 0.6 is 0 Å². The average molecular weight is 369 g/mol. The summed E-state index contributed by atoms with van der Waals surface area (Å²) in [6.07, 6.45) is 1.85. The fourth-order valence-electron chi connectivity index (χ4n) is 3.72. The van der Waals surface area contributed by atoms with E-state index in [2.05, 4.69) is 10.0 Å². The fraction of sp³-hybridized carbons (Fsp3) is 0.588. The number of carbonyl (C=O) groups is 1. The predicted octanol–water partition coefficient (Wildman–Crippen LogP) is 0.950. The van der Waals surface area contributed by atoms with Crippen molar-refractivity contribution in [1.29, 1.82) is 0 Å². The van der Waals surface area contributed by atoms with Gasteiger partial charge in [0, 0.05) is 13.1 Å². The SMILES string of the molecule is CC(NS(=O)(=O)c1ccccc1F)C(=O)N1CC[C@@H]2CNC[C@@H]2CC1. The van der Waals surface area contributed by atoms with Gasteiger partial charge < -0.3 is 10.2 Å². The Hall–Kier alpha value is -1.51. The first-order valence-electron chi connectivity index (χ1n) is 8.65. The van der Waals surface area contributed by atoms with Gasteiger partial charge in [0.25, 0.3) is 0 Å². The monoisotopic (exact) mass is 369 g/mol. The van der Waals surface area contributed by atoms with Crippen LogP contribution < -0.4 is 10.0 Å². The summed E-state index contributed by atoms with van der Waals surface area (Å²) in [5, 5.41) is 3.38. The maximum absolute atomic E-state index is 13.8. The zero-order valence-corrected chi connectivity index (χ0v) is 15.1. The third kappa shape index (κ3) is 4.02. The topological polar surface area (TPSA) is 78.5 Å². The Labute approximate surface area is 147 Å². The molecular weight excluding hydrogens is 345 g/mol. The van der Waals surface area contributed by atoms with E-state index in [4.69, 9.17) is 0 Å². The van der Waals surface area contributed by atoms with Crippen LogP contribution in [0.4, 0.5) is 4.39 Å². The number of hydrogen-bond acceptors (Lipinski definition) is 4. The Morgan fingerprint density at radius 3 is 2.44 bits per heavy atom. The highest BCUT2D eigenvalue weighted by Gasteiger charge is 2.33. The number of likely N-dealkylation sites (tertiary alicyclic amines) is 1. The average Bonchev–Trinajstić information content (AvgIpc) is 2.92. The first-order valence-corrected chi connectivity index (χ1v) is 10.1. The van der Waals surface area contributed by atoms with Crippen molar-refractivity contribution in [3.63, 3.8) is 0 Å². The second kappa shape index (κ2) is 7.39. The Kier molecular flexibility index (Phi) is 5.41. The van der Waals surface area contributed by atoms with Gasteiger partial charge in [-0.3, -0.25) is 4.79 Å². The highest BCUT2D eigenvalue weighted by molar-refractivity contribution is 7.89. The molecule has 0 bridgehead atoms. The normalized spacial score (nSPS) is 25.3. The molecule has 2 saturated heterocycles. The largest absolute Gasteiger partial charge is 0.341 e. The Bertz CT molecular complexity index is 726. The molecule has 2 heterocycles. The molecule has 0 aliphatic carbocycles. The minimum absolute atomic E-state index is 0.257. The van der Waals surface area contributed by atoms with E-state index >= 15 is 0 Å². The number of nitrogens with zero attached hydrogens (tertiary/aromatic N) is 1. The number of hydrogen-bond donors (Lipinski definition) is 2. The van der Waals surface area contributed by atoms with Crippen molar-refractivity contribution >= 4 is 15.9 Å². The number of amides is 1. The van der Waals surface area contributed by atoms with Gasteiger partial charge in [0.05, 0.1) is 6.04 Å². The lowest BCUT2D eigenvalue weighted by molar-refractivity contribution is -0.132. The number of benzene rings is 1. The fourth-order valence-corrected chi connectivity index (χ4v) is 5.00. The third-order valence-electron chi connectivity index (χ3n) is 5.16. The summed E-state index contributed by atoms with van der Waals surface area (Å²) in [6, 6.07) is 4.22. The highest BCUT2D eigenvalue weighted by Crippen LogP contribution is 2.27. The molecular formula is C17H24FN3O3S. The van der Waals surface area contributed by atoms with Gasteiger partial charge in [0.2, 0.25) is 15.9 Å². The van der Waals surface area contributed by atoms with Crippen molar-refractivity contribution in [2.75, 3.05) is 26.2 Å². The van der Waals surface area contributed by atoms with Gasteiger partial charge >= 0.3 is 0 Å². The minimum atomic E-state index is -4.08. The second-order valence-corrected chi connectivity index (χ2v) is 8.54. The van der Waals surface area contributed by atoms with E-state index in [0.29, 0.717) is 24.9 Å². The molecule has 0 saturated carbocycles. The number of sulfonamides is 1. The molecule has 2 N–H and O–H groups in total. The van der Waals surface area contributed by atoms with Crippen molar-refractivity contribution in [2.45, 2.75) is 30.7 Å². The van der Waals surface area contributed by atoms with Gasteiger partial charge in [-0.25, -0.2) is 12.8 Å². The van der Waals surface area contributed by atoms with Crippen molar-refractivity contribution in [3.05, 3.63) is 30.1 Å². The van der Waals surface area contributed by atoms with Gasteiger partial charge in [0.1, 0.15) is 10.7 Å². The van der Waals surface area contributed by atoms with Crippen molar-refractivity contribution in [1.82, 2.24) is 14.9 Å². The first-order chi connectivity index (χ1) is 11.9. The van der Waals surface area contributed by atoms with E-state index in [1.165, 1.54) is 25.1 Å². The molecule has 8 heteroatoms. The quantitative estimate of drug-likeness (QED) is 0.828. The first kappa shape index (κ1) is 18.3. The van der Waals surface area contributed by atoms with E-state index in [1.54, 1.807) is 4.90 Å². The van der Waals surface area contributed by atoms with Gasteiger partial charge in [-0.2, -0.15) is 4.72 Å². The lowest BCUT2D eigenvalue weighted by atomic mass is 9.92. The van der Waals surface area contributed by atoms with Crippen LogP contribution in [0.3, 0.4) is 0 Å². The van der Waals surface area contributed by atoms with E-state index in [0.717, 1.165) is 32.0 Å². The molecule has 0 radical (unpaired) electrons. The molecule has 2 fully saturated rings.